The Morgan fingerprint density at radius 3 is 2.77 bits per heavy atom. The molecule has 0 aromatic rings. The SMILES string of the molecule is C=CCOCCOC(=O)C(C)CC. The molecule has 13 heavy (non-hydrogen) atoms. The molecule has 0 saturated heterocycles. The van der Waals surface area contributed by atoms with Gasteiger partial charge in [0.2, 0.25) is 0 Å². The van der Waals surface area contributed by atoms with Gasteiger partial charge in [0.05, 0.1) is 19.1 Å². The second-order valence-electron chi connectivity index (χ2n) is 2.84. The van der Waals surface area contributed by atoms with Gasteiger partial charge in [0, 0.05) is 0 Å². The van der Waals surface area contributed by atoms with Gasteiger partial charge in [-0.2, -0.15) is 0 Å². The Bertz CT molecular complexity index is 154. The van der Waals surface area contributed by atoms with Crippen molar-refractivity contribution < 1.29 is 14.3 Å². The second-order valence-corrected chi connectivity index (χ2v) is 2.84. The third kappa shape index (κ3) is 6.34. The molecule has 0 aliphatic heterocycles. The molecule has 1 atom stereocenters. The van der Waals surface area contributed by atoms with E-state index in [0.29, 0.717) is 19.8 Å². The summed E-state index contributed by atoms with van der Waals surface area (Å²) in [7, 11) is 0. The fraction of sp³-hybridized carbons (Fsp3) is 0.700. The topological polar surface area (TPSA) is 35.5 Å². The smallest absolute Gasteiger partial charge is 0.308 e. The molecule has 0 rings (SSSR count). The first-order valence-corrected chi connectivity index (χ1v) is 4.57. The van der Waals surface area contributed by atoms with Gasteiger partial charge >= 0.3 is 5.97 Å². The van der Waals surface area contributed by atoms with Crippen LogP contribution in [0.4, 0.5) is 0 Å². The van der Waals surface area contributed by atoms with Gasteiger partial charge in [-0.05, 0) is 6.42 Å². The first kappa shape index (κ1) is 12.2. The van der Waals surface area contributed by atoms with E-state index in [1.54, 1.807) is 6.08 Å². The van der Waals surface area contributed by atoms with Crippen molar-refractivity contribution in [2.24, 2.45) is 5.92 Å². The highest BCUT2D eigenvalue weighted by Gasteiger charge is 2.10. The second kappa shape index (κ2) is 7.80. The third-order valence-electron chi connectivity index (χ3n) is 1.72. The number of hydrogen-bond donors (Lipinski definition) is 0. The standard InChI is InChI=1S/C10H18O3/c1-4-6-12-7-8-13-10(11)9(3)5-2/h4,9H,1,5-8H2,2-3H3. The molecular weight excluding hydrogens is 168 g/mol. The minimum atomic E-state index is -0.148. The van der Waals surface area contributed by atoms with Gasteiger partial charge in [-0.15, -0.1) is 6.58 Å². The summed E-state index contributed by atoms with van der Waals surface area (Å²) in [5.41, 5.74) is 0. The van der Waals surface area contributed by atoms with Crippen molar-refractivity contribution in [2.45, 2.75) is 20.3 Å². The third-order valence-corrected chi connectivity index (χ3v) is 1.72. The van der Waals surface area contributed by atoms with Crippen molar-refractivity contribution >= 4 is 5.97 Å². The number of rotatable bonds is 7. The Hall–Kier alpha value is -0.830. The van der Waals surface area contributed by atoms with E-state index in [-0.39, 0.29) is 11.9 Å². The summed E-state index contributed by atoms with van der Waals surface area (Å²) >= 11 is 0. The maximum atomic E-state index is 11.1. The van der Waals surface area contributed by atoms with Crippen molar-refractivity contribution in [1.29, 1.82) is 0 Å². The predicted octanol–water partition coefficient (Wildman–Crippen LogP) is 1.78. The zero-order valence-corrected chi connectivity index (χ0v) is 8.41. The lowest BCUT2D eigenvalue weighted by atomic mass is 10.1. The quantitative estimate of drug-likeness (QED) is 0.345. The molecule has 0 aromatic heterocycles. The number of ether oxygens (including phenoxy) is 2. The molecule has 0 aliphatic rings. The molecule has 0 aliphatic carbocycles. The number of hydrogen-bond acceptors (Lipinski definition) is 3. The molecule has 0 saturated carbocycles. The van der Waals surface area contributed by atoms with Crippen molar-refractivity contribution in [2.75, 3.05) is 19.8 Å². The Morgan fingerprint density at radius 1 is 1.54 bits per heavy atom. The number of carbonyl (C=O) groups excluding carboxylic acids is 1. The normalized spacial score (nSPS) is 12.2. The minimum absolute atomic E-state index is 0.0144. The first-order chi connectivity index (χ1) is 6.22. The molecule has 3 heteroatoms. The average molecular weight is 186 g/mol. The molecule has 0 radical (unpaired) electrons. The fourth-order valence-corrected chi connectivity index (χ4v) is 0.677. The molecule has 0 heterocycles. The molecule has 76 valence electrons. The van der Waals surface area contributed by atoms with E-state index in [2.05, 4.69) is 6.58 Å². The Balaban J connectivity index is 3.31. The van der Waals surface area contributed by atoms with Crippen molar-refractivity contribution in [3.8, 4) is 0 Å². The van der Waals surface area contributed by atoms with Gasteiger partial charge in [0.15, 0.2) is 0 Å². The zero-order chi connectivity index (χ0) is 10.1. The summed E-state index contributed by atoms with van der Waals surface area (Å²) in [5, 5.41) is 0. The van der Waals surface area contributed by atoms with Gasteiger partial charge < -0.3 is 9.47 Å². The zero-order valence-electron chi connectivity index (χ0n) is 8.41. The maximum absolute atomic E-state index is 11.1. The number of carbonyl (C=O) groups is 1. The van der Waals surface area contributed by atoms with Crippen LogP contribution in [-0.4, -0.2) is 25.8 Å². The van der Waals surface area contributed by atoms with Crippen LogP contribution in [0.25, 0.3) is 0 Å². The van der Waals surface area contributed by atoms with E-state index in [1.807, 2.05) is 13.8 Å². The lowest BCUT2D eigenvalue weighted by molar-refractivity contribution is -0.149. The monoisotopic (exact) mass is 186 g/mol. The van der Waals surface area contributed by atoms with E-state index in [4.69, 9.17) is 9.47 Å². The molecule has 0 N–H and O–H groups in total. The summed E-state index contributed by atoms with van der Waals surface area (Å²) in [6.45, 7) is 8.58. The minimum Gasteiger partial charge on any atom is -0.463 e. The van der Waals surface area contributed by atoms with E-state index < -0.39 is 0 Å². The van der Waals surface area contributed by atoms with Gasteiger partial charge in [0.25, 0.3) is 0 Å². The Kier molecular flexibility index (Phi) is 7.30. The van der Waals surface area contributed by atoms with Crippen LogP contribution in [-0.2, 0) is 14.3 Å². The van der Waals surface area contributed by atoms with Crippen LogP contribution in [0.15, 0.2) is 12.7 Å². The lowest BCUT2D eigenvalue weighted by Gasteiger charge is -2.08. The molecule has 0 amide bonds. The van der Waals surface area contributed by atoms with Gasteiger partial charge in [-0.25, -0.2) is 0 Å². The lowest BCUT2D eigenvalue weighted by Crippen LogP contribution is -2.16. The van der Waals surface area contributed by atoms with Crippen molar-refractivity contribution in [3.63, 3.8) is 0 Å². The van der Waals surface area contributed by atoms with Crippen LogP contribution in [0.1, 0.15) is 20.3 Å². The predicted molar refractivity (Wildman–Crippen MR) is 51.4 cm³/mol. The van der Waals surface area contributed by atoms with Crippen LogP contribution in [0.3, 0.4) is 0 Å². The van der Waals surface area contributed by atoms with E-state index in [1.165, 1.54) is 0 Å². The van der Waals surface area contributed by atoms with Crippen LogP contribution in [0.2, 0.25) is 0 Å². The molecular formula is C10H18O3. The first-order valence-electron chi connectivity index (χ1n) is 4.57. The van der Waals surface area contributed by atoms with Crippen LogP contribution >= 0.6 is 0 Å². The van der Waals surface area contributed by atoms with Gasteiger partial charge in [0.1, 0.15) is 6.61 Å². The highest BCUT2D eigenvalue weighted by atomic mass is 16.6. The summed E-state index contributed by atoms with van der Waals surface area (Å²) < 4.78 is 9.99. The highest BCUT2D eigenvalue weighted by molar-refractivity contribution is 5.71. The van der Waals surface area contributed by atoms with E-state index in [0.717, 1.165) is 6.42 Å². The van der Waals surface area contributed by atoms with E-state index in [9.17, 15) is 4.79 Å². The molecule has 0 fully saturated rings. The van der Waals surface area contributed by atoms with E-state index >= 15 is 0 Å². The van der Waals surface area contributed by atoms with Crippen LogP contribution in [0, 0.1) is 5.92 Å². The number of esters is 1. The van der Waals surface area contributed by atoms with Crippen LogP contribution in [0.5, 0.6) is 0 Å². The highest BCUT2D eigenvalue weighted by Crippen LogP contribution is 2.02. The summed E-state index contributed by atoms with van der Waals surface area (Å²) in [4.78, 5) is 11.1. The molecule has 0 bridgehead atoms. The Morgan fingerprint density at radius 2 is 2.23 bits per heavy atom. The Labute approximate surface area is 79.7 Å². The fourth-order valence-electron chi connectivity index (χ4n) is 0.677. The molecule has 0 spiro atoms. The molecule has 3 nitrogen and oxygen atoms in total. The molecule has 0 aromatic carbocycles. The molecule has 1 unspecified atom stereocenters. The summed E-state index contributed by atoms with van der Waals surface area (Å²) in [5.74, 6) is -0.163. The average Bonchev–Trinajstić information content (AvgIpc) is 2.16. The van der Waals surface area contributed by atoms with Gasteiger partial charge in [-0.1, -0.05) is 19.9 Å². The van der Waals surface area contributed by atoms with Crippen molar-refractivity contribution in [1.82, 2.24) is 0 Å². The largest absolute Gasteiger partial charge is 0.463 e. The summed E-state index contributed by atoms with van der Waals surface area (Å²) in [6, 6.07) is 0. The maximum Gasteiger partial charge on any atom is 0.308 e. The van der Waals surface area contributed by atoms with Gasteiger partial charge in [-0.3, -0.25) is 4.79 Å². The van der Waals surface area contributed by atoms with Crippen molar-refractivity contribution in [3.05, 3.63) is 12.7 Å². The summed E-state index contributed by atoms with van der Waals surface area (Å²) in [6.07, 6.45) is 2.48. The van der Waals surface area contributed by atoms with Crippen LogP contribution < -0.4 is 0 Å².